The van der Waals surface area contributed by atoms with E-state index in [4.69, 9.17) is 32.7 Å². The second-order valence-corrected chi connectivity index (χ2v) is 6.44. The second-order valence-electron chi connectivity index (χ2n) is 5.60. The number of ether oxygens (including phenoxy) is 2. The maximum atomic E-state index is 12.1. The molecule has 0 aliphatic carbocycles. The number of nitrogens with one attached hydrogen (secondary N) is 2. The molecule has 0 atom stereocenters. The van der Waals surface area contributed by atoms with Gasteiger partial charge < -0.3 is 9.47 Å². The summed E-state index contributed by atoms with van der Waals surface area (Å²) in [5.74, 6) is -0.0823. The van der Waals surface area contributed by atoms with Gasteiger partial charge in [0.2, 0.25) is 0 Å². The molecule has 0 radical (unpaired) electrons. The molecule has 27 heavy (non-hydrogen) atoms. The third-order valence-electron chi connectivity index (χ3n) is 3.43. The van der Waals surface area contributed by atoms with Gasteiger partial charge in [-0.3, -0.25) is 20.4 Å². The second kappa shape index (κ2) is 10.6. The molecule has 144 valence electrons. The number of rotatable bonds is 8. The Kier molecular flexibility index (Phi) is 8.23. The molecule has 2 aromatic rings. The summed E-state index contributed by atoms with van der Waals surface area (Å²) in [6.07, 6.45) is 1.96. The van der Waals surface area contributed by atoms with Gasteiger partial charge in [0, 0.05) is 10.6 Å². The van der Waals surface area contributed by atoms with Crippen molar-refractivity contribution < 1.29 is 19.1 Å². The van der Waals surface area contributed by atoms with E-state index < -0.39 is 11.8 Å². The zero-order chi connectivity index (χ0) is 19.6. The highest BCUT2D eigenvalue weighted by Gasteiger charge is 2.10. The van der Waals surface area contributed by atoms with Gasteiger partial charge in [-0.25, -0.2) is 0 Å². The van der Waals surface area contributed by atoms with Crippen LogP contribution >= 0.6 is 23.2 Å². The Bertz CT molecular complexity index is 799. The van der Waals surface area contributed by atoms with E-state index >= 15 is 0 Å². The first-order valence-corrected chi connectivity index (χ1v) is 9.15. The van der Waals surface area contributed by atoms with Crippen molar-refractivity contribution in [1.29, 1.82) is 0 Å². The lowest BCUT2D eigenvalue weighted by Gasteiger charge is -2.11. The average Bonchev–Trinajstić information content (AvgIpc) is 2.66. The molecule has 0 bridgehead atoms. The summed E-state index contributed by atoms with van der Waals surface area (Å²) in [6, 6.07) is 11.4. The monoisotopic (exact) mass is 410 g/mol. The van der Waals surface area contributed by atoms with Gasteiger partial charge in [0.25, 0.3) is 11.8 Å². The summed E-state index contributed by atoms with van der Waals surface area (Å²) >= 11 is 11.8. The first-order chi connectivity index (χ1) is 13.0. The highest BCUT2D eigenvalue weighted by molar-refractivity contribution is 6.35. The molecule has 8 heteroatoms. The zero-order valence-corrected chi connectivity index (χ0v) is 16.3. The Morgan fingerprint density at radius 2 is 1.85 bits per heavy atom. The fourth-order valence-electron chi connectivity index (χ4n) is 2.03. The van der Waals surface area contributed by atoms with E-state index in [1.165, 1.54) is 6.07 Å². The molecule has 2 amide bonds. The number of benzene rings is 2. The molecule has 0 aliphatic rings. The predicted octanol–water partition coefficient (Wildman–Crippen LogP) is 4.01. The summed E-state index contributed by atoms with van der Waals surface area (Å²) in [5.41, 5.74) is 4.97. The van der Waals surface area contributed by atoms with E-state index in [-0.39, 0.29) is 6.61 Å². The topological polar surface area (TPSA) is 76.7 Å². The van der Waals surface area contributed by atoms with Crippen LogP contribution in [0.3, 0.4) is 0 Å². The molecule has 0 saturated heterocycles. The minimum Gasteiger partial charge on any atom is -0.494 e. The van der Waals surface area contributed by atoms with Crippen LogP contribution in [0.4, 0.5) is 0 Å². The lowest BCUT2D eigenvalue weighted by molar-refractivity contribution is -0.123. The van der Waals surface area contributed by atoms with Gasteiger partial charge >= 0.3 is 0 Å². The predicted molar refractivity (Wildman–Crippen MR) is 104 cm³/mol. The molecule has 2 N–H and O–H groups in total. The van der Waals surface area contributed by atoms with Crippen molar-refractivity contribution in [3.8, 4) is 11.5 Å². The van der Waals surface area contributed by atoms with E-state index in [9.17, 15) is 9.59 Å². The van der Waals surface area contributed by atoms with Gasteiger partial charge in [0.05, 0.1) is 11.6 Å². The molecule has 0 saturated carbocycles. The number of halogens is 2. The minimum atomic E-state index is -0.537. The quantitative estimate of drug-likeness (QED) is 0.508. The molecule has 2 aromatic carbocycles. The van der Waals surface area contributed by atoms with Gasteiger partial charge in [-0.15, -0.1) is 0 Å². The third kappa shape index (κ3) is 7.00. The molecule has 6 nitrogen and oxygen atoms in total. The largest absolute Gasteiger partial charge is 0.494 e. The molecule has 0 spiro atoms. The van der Waals surface area contributed by atoms with Crippen LogP contribution in [0, 0.1) is 0 Å². The molecule has 0 unspecified atom stereocenters. The van der Waals surface area contributed by atoms with Crippen LogP contribution in [0.1, 0.15) is 30.1 Å². The Labute approximate surface area is 167 Å². The maximum Gasteiger partial charge on any atom is 0.276 e. The normalized spacial score (nSPS) is 10.2. The van der Waals surface area contributed by atoms with Crippen LogP contribution in [0.15, 0.2) is 42.5 Å². The molecule has 0 fully saturated rings. The van der Waals surface area contributed by atoms with Crippen molar-refractivity contribution in [2.45, 2.75) is 19.8 Å². The summed E-state index contributed by atoms with van der Waals surface area (Å²) in [4.78, 5) is 24.0. The Balaban J connectivity index is 1.80. The first kappa shape index (κ1) is 20.9. The van der Waals surface area contributed by atoms with Crippen LogP contribution in [-0.2, 0) is 4.79 Å². The number of amides is 2. The highest BCUT2D eigenvalue weighted by atomic mass is 35.5. The van der Waals surface area contributed by atoms with Crippen molar-refractivity contribution in [3.63, 3.8) is 0 Å². The maximum absolute atomic E-state index is 12.1. The van der Waals surface area contributed by atoms with Crippen LogP contribution in [0.2, 0.25) is 10.0 Å². The molecular formula is C19H20Cl2N2O4. The molecule has 0 aromatic heterocycles. The number of hydrogen-bond acceptors (Lipinski definition) is 4. The first-order valence-electron chi connectivity index (χ1n) is 8.39. The van der Waals surface area contributed by atoms with E-state index in [1.807, 2.05) is 0 Å². The van der Waals surface area contributed by atoms with Crippen molar-refractivity contribution >= 4 is 35.0 Å². The van der Waals surface area contributed by atoms with E-state index in [2.05, 4.69) is 17.8 Å². The zero-order valence-electron chi connectivity index (χ0n) is 14.8. The standard InChI is InChI=1S/C19H20Cl2N2O4/c1-2-3-9-26-15-6-4-5-13(10-15)19(25)23-22-18(24)12-27-17-8-7-14(20)11-16(17)21/h4-8,10-11H,2-3,9,12H2,1H3,(H,22,24)(H,23,25). The molecule has 0 heterocycles. The van der Waals surface area contributed by atoms with Crippen molar-refractivity contribution in [2.24, 2.45) is 0 Å². The van der Waals surface area contributed by atoms with Gasteiger partial charge in [-0.2, -0.15) is 0 Å². The van der Waals surface area contributed by atoms with E-state index in [1.54, 1.807) is 36.4 Å². The molecule has 2 rings (SSSR count). The highest BCUT2D eigenvalue weighted by Crippen LogP contribution is 2.27. The van der Waals surface area contributed by atoms with Gasteiger partial charge in [0.1, 0.15) is 11.5 Å². The van der Waals surface area contributed by atoms with Crippen molar-refractivity contribution in [3.05, 3.63) is 58.1 Å². The average molecular weight is 411 g/mol. The summed E-state index contributed by atoms with van der Waals surface area (Å²) < 4.78 is 10.9. The van der Waals surface area contributed by atoms with Gasteiger partial charge in [0.15, 0.2) is 6.61 Å². The Morgan fingerprint density at radius 3 is 2.59 bits per heavy atom. The van der Waals surface area contributed by atoms with Crippen molar-refractivity contribution in [1.82, 2.24) is 10.9 Å². The fraction of sp³-hybridized carbons (Fsp3) is 0.263. The smallest absolute Gasteiger partial charge is 0.276 e. The van der Waals surface area contributed by atoms with Crippen LogP contribution in [0.25, 0.3) is 0 Å². The SMILES string of the molecule is CCCCOc1cccc(C(=O)NNC(=O)COc2ccc(Cl)cc2Cl)c1. The Morgan fingerprint density at radius 1 is 1.04 bits per heavy atom. The third-order valence-corrected chi connectivity index (χ3v) is 3.96. The minimum absolute atomic E-state index is 0.291. The van der Waals surface area contributed by atoms with Crippen LogP contribution in [0.5, 0.6) is 11.5 Å². The molecule has 0 aliphatic heterocycles. The summed E-state index contributed by atoms with van der Waals surface area (Å²) in [7, 11) is 0. The van der Waals surface area contributed by atoms with Crippen LogP contribution in [-0.4, -0.2) is 25.0 Å². The number of hydrogen-bond donors (Lipinski definition) is 2. The fourth-order valence-corrected chi connectivity index (χ4v) is 2.49. The van der Waals surface area contributed by atoms with Crippen molar-refractivity contribution in [2.75, 3.05) is 13.2 Å². The van der Waals surface area contributed by atoms with E-state index in [0.717, 1.165) is 12.8 Å². The lowest BCUT2D eigenvalue weighted by atomic mass is 10.2. The number of hydrazine groups is 1. The summed E-state index contributed by atoms with van der Waals surface area (Å²) in [5, 5.41) is 0.754. The van der Waals surface area contributed by atoms with Crippen LogP contribution < -0.4 is 20.3 Å². The summed E-state index contributed by atoms with van der Waals surface area (Å²) in [6.45, 7) is 2.34. The van der Waals surface area contributed by atoms with Gasteiger partial charge in [-0.1, -0.05) is 42.6 Å². The van der Waals surface area contributed by atoms with Gasteiger partial charge in [-0.05, 0) is 42.8 Å². The Hall–Kier alpha value is -2.44. The lowest BCUT2D eigenvalue weighted by Crippen LogP contribution is -2.43. The number of unbranched alkanes of at least 4 members (excludes halogenated alkanes) is 1. The number of carbonyl (C=O) groups excluding carboxylic acids is 2. The van der Waals surface area contributed by atoms with E-state index in [0.29, 0.717) is 33.7 Å². The molecular weight excluding hydrogens is 391 g/mol. The number of carbonyl (C=O) groups is 2.